The van der Waals surface area contributed by atoms with E-state index in [1.54, 1.807) is 0 Å². The van der Waals surface area contributed by atoms with Crippen LogP contribution in [-0.4, -0.2) is 17.3 Å². The number of benzene rings is 1. The first-order valence-corrected chi connectivity index (χ1v) is 8.02. The molecule has 9 heteroatoms. The van der Waals surface area contributed by atoms with Crippen LogP contribution in [0, 0.1) is 18.3 Å². The van der Waals surface area contributed by atoms with Crippen LogP contribution in [0.15, 0.2) is 56.0 Å². The largest absolute Gasteiger partial charge is 0.478 e. The van der Waals surface area contributed by atoms with Gasteiger partial charge in [0, 0.05) is 17.3 Å². The van der Waals surface area contributed by atoms with Crippen molar-refractivity contribution in [3.8, 4) is 6.07 Å². The molecule has 0 amide bonds. The molecule has 1 aliphatic heterocycles. The van der Waals surface area contributed by atoms with Crippen LogP contribution in [0.4, 0.5) is 13.2 Å². The lowest BCUT2D eigenvalue weighted by Crippen LogP contribution is -2.35. The van der Waals surface area contributed by atoms with Crippen LogP contribution in [0.3, 0.4) is 0 Å². The Labute approximate surface area is 156 Å². The van der Waals surface area contributed by atoms with Crippen molar-refractivity contribution in [2.75, 3.05) is 0 Å². The first kappa shape index (κ1) is 19.2. The van der Waals surface area contributed by atoms with Crippen molar-refractivity contribution >= 4 is 16.9 Å². The Bertz CT molecular complexity index is 1170. The van der Waals surface area contributed by atoms with Gasteiger partial charge >= 0.3 is 12.1 Å². The number of aryl methyl sites for hydroxylation is 1. The monoisotopic (exact) mass is 390 g/mol. The topological polar surface area (TPSA) is 103 Å². The molecule has 0 radical (unpaired) electrons. The number of carboxylic acids is 1. The number of carboxylic acid groups (broad SMARTS) is 1. The van der Waals surface area contributed by atoms with Gasteiger partial charge in [0.25, 0.3) is 0 Å². The third-order valence-corrected chi connectivity index (χ3v) is 4.42. The Kier molecular flexibility index (Phi) is 4.51. The van der Waals surface area contributed by atoms with Crippen LogP contribution >= 0.6 is 0 Å². The Balaban J connectivity index is 2.45. The Morgan fingerprint density at radius 3 is 2.57 bits per heavy atom. The van der Waals surface area contributed by atoms with Gasteiger partial charge < -0.3 is 14.8 Å². The summed E-state index contributed by atoms with van der Waals surface area (Å²) in [6.45, 7) is 2.67. The molecule has 3 rings (SSSR count). The van der Waals surface area contributed by atoms with E-state index in [-0.39, 0.29) is 28.0 Å². The Morgan fingerprint density at radius 1 is 1.32 bits per heavy atom. The lowest BCUT2D eigenvalue weighted by Gasteiger charge is -2.29. The van der Waals surface area contributed by atoms with E-state index in [0.717, 1.165) is 0 Å². The van der Waals surface area contributed by atoms with E-state index in [4.69, 9.17) is 4.42 Å². The average molecular weight is 390 g/mol. The molecule has 0 bridgehead atoms. The van der Waals surface area contributed by atoms with Gasteiger partial charge in [-0.05, 0) is 19.9 Å². The highest BCUT2D eigenvalue weighted by molar-refractivity contribution is 5.93. The summed E-state index contributed by atoms with van der Waals surface area (Å²) >= 11 is 0. The summed E-state index contributed by atoms with van der Waals surface area (Å²) in [7, 11) is 0. The second-order valence-corrected chi connectivity index (χ2v) is 6.25. The highest BCUT2D eigenvalue weighted by atomic mass is 19.4. The van der Waals surface area contributed by atoms with Gasteiger partial charge in [0.05, 0.1) is 28.5 Å². The number of carbonyl (C=O) groups is 1. The summed E-state index contributed by atoms with van der Waals surface area (Å²) in [5, 5.41) is 21.2. The zero-order chi connectivity index (χ0) is 20.8. The summed E-state index contributed by atoms with van der Waals surface area (Å²) in [5.41, 5.74) is -3.32. The third-order valence-electron chi connectivity index (χ3n) is 4.42. The molecule has 2 aromatic rings. The molecule has 6 nitrogen and oxygen atoms in total. The number of dihydropyridines is 1. The number of fused-ring (bicyclic) bond motifs is 1. The van der Waals surface area contributed by atoms with Crippen molar-refractivity contribution in [1.82, 2.24) is 5.32 Å². The van der Waals surface area contributed by atoms with E-state index in [1.165, 1.54) is 44.2 Å². The van der Waals surface area contributed by atoms with Crippen molar-refractivity contribution < 1.29 is 27.5 Å². The number of hydrogen-bond donors (Lipinski definition) is 2. The molecule has 2 heterocycles. The van der Waals surface area contributed by atoms with Crippen molar-refractivity contribution in [2.24, 2.45) is 0 Å². The maximum absolute atomic E-state index is 13.5. The molecule has 0 saturated heterocycles. The van der Waals surface area contributed by atoms with Gasteiger partial charge in [-0.2, -0.15) is 18.4 Å². The quantitative estimate of drug-likeness (QED) is 0.814. The van der Waals surface area contributed by atoms with Gasteiger partial charge in [0.2, 0.25) is 0 Å². The first-order valence-electron chi connectivity index (χ1n) is 8.02. The molecule has 0 aliphatic carbocycles. The van der Waals surface area contributed by atoms with E-state index < -0.39 is 40.3 Å². The molecule has 1 aliphatic rings. The standard InChI is InChI=1S/C19H13F3N2O4/c1-8-6-13(25)10-4-3-5-11(16(10)28-8)15-12(7-23)17(19(20,21)22)24-9(2)14(15)18(26)27/h3-6,15,24H,1-2H3,(H,26,27)/t15-/m1/s1. The fraction of sp³-hybridized carbons (Fsp3) is 0.211. The minimum absolute atomic E-state index is 0.00477. The molecular weight excluding hydrogens is 377 g/mol. The molecule has 1 aromatic carbocycles. The van der Waals surface area contributed by atoms with Gasteiger partial charge in [-0.25, -0.2) is 4.79 Å². The van der Waals surface area contributed by atoms with Crippen LogP contribution in [-0.2, 0) is 4.79 Å². The summed E-state index contributed by atoms with van der Waals surface area (Å²) in [4.78, 5) is 24.1. The number of aliphatic carboxylic acids is 1. The van der Waals surface area contributed by atoms with Crippen molar-refractivity contribution in [3.63, 3.8) is 0 Å². The average Bonchev–Trinajstić information content (AvgIpc) is 2.59. The zero-order valence-electron chi connectivity index (χ0n) is 14.6. The summed E-state index contributed by atoms with van der Waals surface area (Å²) in [6, 6.07) is 6.88. The maximum Gasteiger partial charge on any atom is 0.432 e. The van der Waals surface area contributed by atoms with E-state index in [1.807, 2.05) is 5.32 Å². The fourth-order valence-corrected chi connectivity index (χ4v) is 3.31. The van der Waals surface area contributed by atoms with Crippen LogP contribution in [0.5, 0.6) is 0 Å². The molecule has 28 heavy (non-hydrogen) atoms. The fourth-order valence-electron chi connectivity index (χ4n) is 3.31. The zero-order valence-corrected chi connectivity index (χ0v) is 14.6. The van der Waals surface area contributed by atoms with E-state index in [0.29, 0.717) is 0 Å². The second-order valence-electron chi connectivity index (χ2n) is 6.25. The van der Waals surface area contributed by atoms with Crippen molar-refractivity contribution in [1.29, 1.82) is 5.26 Å². The summed E-state index contributed by atoms with van der Waals surface area (Å²) in [5.74, 6) is -2.85. The third kappa shape index (κ3) is 3.03. The number of rotatable bonds is 2. The molecule has 0 spiro atoms. The molecule has 2 N–H and O–H groups in total. The minimum atomic E-state index is -4.91. The van der Waals surface area contributed by atoms with Crippen LogP contribution in [0.2, 0.25) is 0 Å². The number of alkyl halides is 3. The SMILES string of the molecule is CC1=C(C(=O)O)[C@H](c2cccc3c(=O)cc(C)oc23)C(C#N)=C(C(F)(F)F)N1. The van der Waals surface area contributed by atoms with Gasteiger partial charge in [0.15, 0.2) is 5.43 Å². The van der Waals surface area contributed by atoms with Gasteiger partial charge in [-0.1, -0.05) is 12.1 Å². The van der Waals surface area contributed by atoms with Gasteiger partial charge in [-0.3, -0.25) is 4.79 Å². The van der Waals surface area contributed by atoms with E-state index >= 15 is 0 Å². The van der Waals surface area contributed by atoms with E-state index in [9.17, 15) is 33.1 Å². The summed E-state index contributed by atoms with van der Waals surface area (Å²) in [6.07, 6.45) is -4.91. The summed E-state index contributed by atoms with van der Waals surface area (Å²) < 4.78 is 46.0. The highest BCUT2D eigenvalue weighted by Gasteiger charge is 2.45. The van der Waals surface area contributed by atoms with Crippen LogP contribution in [0.1, 0.15) is 24.2 Å². The predicted molar refractivity (Wildman–Crippen MR) is 92.1 cm³/mol. The van der Waals surface area contributed by atoms with Gasteiger partial charge in [-0.15, -0.1) is 0 Å². The number of nitrogens with one attached hydrogen (secondary N) is 1. The number of nitriles is 1. The molecule has 144 valence electrons. The van der Waals surface area contributed by atoms with Gasteiger partial charge in [0.1, 0.15) is 17.0 Å². The van der Waals surface area contributed by atoms with Crippen LogP contribution in [0.25, 0.3) is 11.0 Å². The van der Waals surface area contributed by atoms with Crippen LogP contribution < -0.4 is 10.7 Å². The number of para-hydroxylation sites is 1. The second kappa shape index (κ2) is 6.56. The van der Waals surface area contributed by atoms with Crippen molar-refractivity contribution in [2.45, 2.75) is 25.9 Å². The number of hydrogen-bond acceptors (Lipinski definition) is 5. The molecule has 0 unspecified atom stereocenters. The number of nitrogens with zero attached hydrogens (tertiary/aromatic N) is 1. The lowest BCUT2D eigenvalue weighted by molar-refractivity contribution is -0.133. The smallest absolute Gasteiger partial charge is 0.432 e. The molecule has 1 atom stereocenters. The molecule has 0 fully saturated rings. The Hall–Kier alpha value is -3.54. The predicted octanol–water partition coefficient (Wildman–Crippen LogP) is 3.49. The maximum atomic E-state index is 13.5. The Morgan fingerprint density at radius 2 is 2.00 bits per heavy atom. The molecular formula is C19H13F3N2O4. The minimum Gasteiger partial charge on any atom is -0.478 e. The van der Waals surface area contributed by atoms with Crippen molar-refractivity contribution in [3.05, 3.63) is 68.4 Å². The number of allylic oxidation sites excluding steroid dienone is 3. The normalized spacial score (nSPS) is 17.5. The number of halogens is 3. The molecule has 0 saturated carbocycles. The highest BCUT2D eigenvalue weighted by Crippen LogP contribution is 2.43. The lowest BCUT2D eigenvalue weighted by atomic mass is 9.80. The van der Waals surface area contributed by atoms with E-state index in [2.05, 4.69) is 0 Å². The molecule has 1 aromatic heterocycles. The first-order chi connectivity index (χ1) is 13.1.